The number of nitrogens with zero attached hydrogens (tertiary/aromatic N) is 2. The van der Waals surface area contributed by atoms with Crippen LogP contribution in [-0.4, -0.2) is 17.0 Å². The van der Waals surface area contributed by atoms with Crippen LogP contribution >= 0.6 is 27.3 Å². The predicted octanol–water partition coefficient (Wildman–Crippen LogP) is 2.69. The van der Waals surface area contributed by atoms with E-state index in [1.165, 1.54) is 0 Å². The number of halogens is 1. The lowest BCUT2D eigenvalue weighted by molar-refractivity contribution is 0.798. The summed E-state index contributed by atoms with van der Waals surface area (Å²) in [5, 5.41) is 6.09. The highest BCUT2D eigenvalue weighted by molar-refractivity contribution is 9.10. The van der Waals surface area contributed by atoms with E-state index in [0.717, 1.165) is 27.4 Å². The van der Waals surface area contributed by atoms with Crippen molar-refractivity contribution in [1.82, 2.24) is 15.3 Å². The van der Waals surface area contributed by atoms with E-state index < -0.39 is 0 Å². The maximum atomic E-state index is 4.48. The second-order valence-corrected chi connectivity index (χ2v) is 4.81. The summed E-state index contributed by atoms with van der Waals surface area (Å²) in [7, 11) is 1.91. The Labute approximate surface area is 101 Å². The largest absolute Gasteiger partial charge is 0.314 e. The van der Waals surface area contributed by atoms with E-state index >= 15 is 0 Å². The van der Waals surface area contributed by atoms with Crippen LogP contribution in [0.3, 0.4) is 0 Å². The molecule has 2 aromatic heterocycles. The molecule has 0 radical (unpaired) electrons. The molecule has 0 fully saturated rings. The fourth-order valence-corrected chi connectivity index (χ4v) is 2.22. The van der Waals surface area contributed by atoms with Crippen molar-refractivity contribution < 1.29 is 0 Å². The van der Waals surface area contributed by atoms with E-state index in [-0.39, 0.29) is 0 Å². The van der Waals surface area contributed by atoms with Crippen LogP contribution < -0.4 is 5.32 Å². The van der Waals surface area contributed by atoms with Gasteiger partial charge in [0.1, 0.15) is 5.01 Å². The van der Waals surface area contributed by atoms with Crippen molar-refractivity contribution in [1.29, 1.82) is 0 Å². The van der Waals surface area contributed by atoms with Gasteiger partial charge in [-0.05, 0) is 35.1 Å². The summed E-state index contributed by atoms with van der Waals surface area (Å²) in [6.07, 6.45) is 1.79. The summed E-state index contributed by atoms with van der Waals surface area (Å²) in [6.45, 7) is 0.799. The first-order chi connectivity index (χ1) is 7.29. The average molecular weight is 284 g/mol. The van der Waals surface area contributed by atoms with E-state index in [1.807, 2.05) is 19.2 Å². The third-order valence-corrected chi connectivity index (χ3v) is 3.24. The molecule has 0 amide bonds. The maximum Gasteiger partial charge on any atom is 0.142 e. The first-order valence-corrected chi connectivity index (χ1v) is 6.18. The Balaban J connectivity index is 2.25. The molecule has 0 aliphatic heterocycles. The summed E-state index contributed by atoms with van der Waals surface area (Å²) in [5.74, 6) is 0. The van der Waals surface area contributed by atoms with Gasteiger partial charge in [-0.25, -0.2) is 4.98 Å². The van der Waals surface area contributed by atoms with Crippen molar-refractivity contribution in [2.24, 2.45) is 0 Å². The summed E-state index contributed by atoms with van der Waals surface area (Å²) >= 11 is 4.98. The highest BCUT2D eigenvalue weighted by atomic mass is 79.9. The molecule has 1 N–H and O–H groups in total. The van der Waals surface area contributed by atoms with Crippen molar-refractivity contribution in [2.45, 2.75) is 6.54 Å². The molecule has 2 heterocycles. The number of pyridine rings is 1. The van der Waals surface area contributed by atoms with Gasteiger partial charge in [0.2, 0.25) is 0 Å². The van der Waals surface area contributed by atoms with Gasteiger partial charge in [0, 0.05) is 22.6 Å². The zero-order valence-electron chi connectivity index (χ0n) is 8.20. The van der Waals surface area contributed by atoms with Crippen molar-refractivity contribution in [3.05, 3.63) is 33.9 Å². The first-order valence-electron chi connectivity index (χ1n) is 4.50. The Hall–Kier alpha value is -0.780. The lowest BCUT2D eigenvalue weighted by Crippen LogP contribution is -2.04. The van der Waals surface area contributed by atoms with Crippen LogP contribution in [-0.2, 0) is 6.54 Å². The van der Waals surface area contributed by atoms with E-state index in [0.29, 0.717) is 0 Å². The minimum atomic E-state index is 0.799. The summed E-state index contributed by atoms with van der Waals surface area (Å²) in [6, 6.07) is 3.94. The number of hydrogen-bond donors (Lipinski definition) is 1. The molecule has 15 heavy (non-hydrogen) atoms. The lowest BCUT2D eigenvalue weighted by atomic mass is 10.4. The molecule has 78 valence electrons. The standard InChI is InChI=1S/C10H10BrN3S/c1-12-5-8-6-15-10(14-8)9-3-2-7(11)4-13-9/h2-4,6,12H,5H2,1H3. The van der Waals surface area contributed by atoms with E-state index in [9.17, 15) is 0 Å². The number of rotatable bonds is 3. The number of thiazole rings is 1. The topological polar surface area (TPSA) is 37.8 Å². The second-order valence-electron chi connectivity index (χ2n) is 3.04. The van der Waals surface area contributed by atoms with Gasteiger partial charge < -0.3 is 5.32 Å². The van der Waals surface area contributed by atoms with Crippen LogP contribution in [0.4, 0.5) is 0 Å². The lowest BCUT2D eigenvalue weighted by Gasteiger charge is -1.95. The number of nitrogens with one attached hydrogen (secondary N) is 1. The second kappa shape index (κ2) is 4.83. The van der Waals surface area contributed by atoms with Gasteiger partial charge in [0.15, 0.2) is 0 Å². The summed E-state index contributed by atoms with van der Waals surface area (Å²) in [5.41, 5.74) is 1.98. The molecule has 0 saturated heterocycles. The Morgan fingerprint density at radius 1 is 1.47 bits per heavy atom. The predicted molar refractivity (Wildman–Crippen MR) is 65.8 cm³/mol. The van der Waals surface area contributed by atoms with Gasteiger partial charge in [-0.2, -0.15) is 0 Å². The fraction of sp³-hybridized carbons (Fsp3) is 0.200. The van der Waals surface area contributed by atoms with Gasteiger partial charge in [-0.1, -0.05) is 0 Å². The highest BCUT2D eigenvalue weighted by Crippen LogP contribution is 2.22. The quantitative estimate of drug-likeness (QED) is 0.941. The first kappa shape index (κ1) is 10.7. The van der Waals surface area contributed by atoms with Crippen LogP contribution in [0.25, 0.3) is 10.7 Å². The Morgan fingerprint density at radius 2 is 2.33 bits per heavy atom. The molecule has 0 aliphatic carbocycles. The molecule has 0 saturated carbocycles. The molecular weight excluding hydrogens is 274 g/mol. The molecule has 0 spiro atoms. The third-order valence-electron chi connectivity index (χ3n) is 1.86. The van der Waals surface area contributed by atoms with Crippen LogP contribution in [0.2, 0.25) is 0 Å². The molecule has 0 aliphatic rings. The van der Waals surface area contributed by atoms with Gasteiger partial charge in [-0.15, -0.1) is 11.3 Å². The summed E-state index contributed by atoms with van der Waals surface area (Å²) in [4.78, 5) is 8.78. The normalized spacial score (nSPS) is 10.5. The van der Waals surface area contributed by atoms with Crippen molar-refractivity contribution in [3.8, 4) is 10.7 Å². The van der Waals surface area contributed by atoms with Gasteiger partial charge >= 0.3 is 0 Å². The fourth-order valence-electron chi connectivity index (χ4n) is 1.19. The van der Waals surface area contributed by atoms with Crippen LogP contribution in [0.5, 0.6) is 0 Å². The molecule has 0 aromatic carbocycles. The monoisotopic (exact) mass is 283 g/mol. The van der Waals surface area contributed by atoms with E-state index in [2.05, 4.69) is 36.6 Å². The minimum Gasteiger partial charge on any atom is -0.314 e. The molecule has 2 rings (SSSR count). The van der Waals surface area contributed by atoms with Crippen LogP contribution in [0, 0.1) is 0 Å². The van der Waals surface area contributed by atoms with E-state index in [1.54, 1.807) is 17.5 Å². The van der Waals surface area contributed by atoms with Crippen molar-refractivity contribution in [2.75, 3.05) is 7.05 Å². The number of aromatic nitrogens is 2. The smallest absolute Gasteiger partial charge is 0.142 e. The molecule has 3 nitrogen and oxygen atoms in total. The Bertz CT molecular complexity index is 438. The summed E-state index contributed by atoms with van der Waals surface area (Å²) < 4.78 is 0.984. The highest BCUT2D eigenvalue weighted by Gasteiger charge is 2.04. The Kier molecular flexibility index (Phi) is 3.45. The SMILES string of the molecule is CNCc1csc(-c2ccc(Br)cn2)n1. The minimum absolute atomic E-state index is 0.799. The molecule has 5 heteroatoms. The molecule has 0 bridgehead atoms. The van der Waals surface area contributed by atoms with E-state index in [4.69, 9.17) is 0 Å². The van der Waals surface area contributed by atoms with Gasteiger partial charge in [0.25, 0.3) is 0 Å². The van der Waals surface area contributed by atoms with Gasteiger partial charge in [-0.3, -0.25) is 4.98 Å². The zero-order chi connectivity index (χ0) is 10.7. The van der Waals surface area contributed by atoms with Gasteiger partial charge in [0.05, 0.1) is 11.4 Å². The average Bonchev–Trinajstić information content (AvgIpc) is 2.68. The molecule has 0 unspecified atom stereocenters. The third kappa shape index (κ3) is 2.62. The van der Waals surface area contributed by atoms with Crippen molar-refractivity contribution in [3.63, 3.8) is 0 Å². The molecule has 2 aromatic rings. The Morgan fingerprint density at radius 3 is 3.00 bits per heavy atom. The number of hydrogen-bond acceptors (Lipinski definition) is 4. The van der Waals surface area contributed by atoms with Crippen LogP contribution in [0.15, 0.2) is 28.2 Å². The maximum absolute atomic E-state index is 4.48. The molecular formula is C10H10BrN3S. The molecule has 0 atom stereocenters. The zero-order valence-corrected chi connectivity index (χ0v) is 10.6. The van der Waals surface area contributed by atoms with Crippen LogP contribution in [0.1, 0.15) is 5.69 Å². The van der Waals surface area contributed by atoms with Crippen molar-refractivity contribution >= 4 is 27.3 Å².